The van der Waals surface area contributed by atoms with Gasteiger partial charge in [0.05, 0.1) is 22.2 Å². The molecule has 146 valence electrons. The predicted octanol–water partition coefficient (Wildman–Crippen LogP) is 3.19. The molecule has 0 N–H and O–H groups in total. The lowest BCUT2D eigenvalue weighted by atomic mass is 10.1. The van der Waals surface area contributed by atoms with E-state index >= 15 is 0 Å². The minimum atomic E-state index is -0.442. The van der Waals surface area contributed by atoms with Crippen LogP contribution in [-0.4, -0.2) is 46.7 Å². The van der Waals surface area contributed by atoms with Crippen LogP contribution in [0.1, 0.15) is 30.0 Å². The third-order valence-electron chi connectivity index (χ3n) is 4.84. The molecule has 3 rings (SSSR count). The van der Waals surface area contributed by atoms with Gasteiger partial charge in [-0.1, -0.05) is 38.1 Å². The molecule has 0 bridgehead atoms. The Bertz CT molecular complexity index is 1040. The van der Waals surface area contributed by atoms with Crippen LogP contribution in [0.25, 0.3) is 16.6 Å². The van der Waals surface area contributed by atoms with Gasteiger partial charge in [-0.3, -0.25) is 9.36 Å². The molecule has 0 aliphatic rings. The first-order valence-electron chi connectivity index (χ1n) is 9.54. The maximum atomic E-state index is 13.1. The van der Waals surface area contributed by atoms with E-state index in [-0.39, 0.29) is 5.56 Å². The van der Waals surface area contributed by atoms with E-state index in [4.69, 9.17) is 4.74 Å². The molecule has 28 heavy (non-hydrogen) atoms. The molecule has 0 saturated carbocycles. The van der Waals surface area contributed by atoms with Gasteiger partial charge < -0.3 is 9.64 Å². The van der Waals surface area contributed by atoms with Crippen LogP contribution in [0.3, 0.4) is 0 Å². The Hall–Kier alpha value is -2.99. The smallest absolute Gasteiger partial charge is 0.340 e. The molecule has 0 unspecified atom stereocenters. The average Bonchev–Trinajstić information content (AvgIpc) is 2.71. The summed E-state index contributed by atoms with van der Waals surface area (Å²) in [5, 5.41) is 0.512. The second kappa shape index (κ2) is 8.80. The summed E-state index contributed by atoms with van der Waals surface area (Å²) in [6, 6.07) is 14.2. The molecular formula is C22H25N3O3. The van der Waals surface area contributed by atoms with E-state index in [0.717, 1.165) is 13.1 Å². The number of aromatic nitrogens is 2. The van der Waals surface area contributed by atoms with E-state index in [9.17, 15) is 9.59 Å². The van der Waals surface area contributed by atoms with E-state index in [1.54, 1.807) is 49.4 Å². The Morgan fingerprint density at radius 2 is 1.75 bits per heavy atom. The van der Waals surface area contributed by atoms with Crippen LogP contribution in [0.15, 0.2) is 53.3 Å². The molecular weight excluding hydrogens is 354 g/mol. The molecule has 0 atom stereocenters. The zero-order valence-corrected chi connectivity index (χ0v) is 16.5. The van der Waals surface area contributed by atoms with E-state index < -0.39 is 5.97 Å². The second-order valence-corrected chi connectivity index (χ2v) is 6.50. The van der Waals surface area contributed by atoms with Crippen molar-refractivity contribution in [2.45, 2.75) is 20.8 Å². The Kier molecular flexibility index (Phi) is 6.21. The number of esters is 1. The molecule has 2 aromatic carbocycles. The van der Waals surface area contributed by atoms with E-state index in [0.29, 0.717) is 41.1 Å². The number of hydrogen-bond acceptors (Lipinski definition) is 5. The molecule has 6 heteroatoms. The fourth-order valence-corrected chi connectivity index (χ4v) is 3.25. The fourth-order valence-electron chi connectivity index (χ4n) is 3.25. The minimum absolute atomic E-state index is 0.202. The maximum absolute atomic E-state index is 13.1. The molecule has 6 nitrogen and oxygen atoms in total. The molecule has 0 spiro atoms. The number of para-hydroxylation sites is 2. The summed E-state index contributed by atoms with van der Waals surface area (Å²) in [4.78, 5) is 32.5. The highest BCUT2D eigenvalue weighted by atomic mass is 16.5. The Labute approximate surface area is 164 Å². The second-order valence-electron chi connectivity index (χ2n) is 6.50. The molecule has 1 aromatic heterocycles. The van der Waals surface area contributed by atoms with Crippen molar-refractivity contribution < 1.29 is 9.53 Å². The first kappa shape index (κ1) is 19.8. The standard InChI is InChI=1S/C22H25N3O3/c1-4-24(5-2)14-15-28-22(27)18-11-7-9-13-20(18)25-16(3)23-19-12-8-6-10-17(19)21(25)26/h6-13H,4-5,14-15H2,1-3H3. The topological polar surface area (TPSA) is 64.4 Å². The largest absolute Gasteiger partial charge is 0.461 e. The molecule has 0 amide bonds. The van der Waals surface area contributed by atoms with Crippen LogP contribution in [0, 0.1) is 6.92 Å². The number of benzene rings is 2. The summed E-state index contributed by atoms with van der Waals surface area (Å²) >= 11 is 0. The van der Waals surface area contributed by atoms with Crippen LogP contribution in [0.5, 0.6) is 0 Å². The third-order valence-corrected chi connectivity index (χ3v) is 4.84. The lowest BCUT2D eigenvalue weighted by Gasteiger charge is -2.18. The van der Waals surface area contributed by atoms with Crippen molar-refractivity contribution in [2.75, 3.05) is 26.2 Å². The molecule has 3 aromatic rings. The number of rotatable bonds is 7. The van der Waals surface area contributed by atoms with Crippen molar-refractivity contribution in [3.8, 4) is 5.69 Å². The summed E-state index contributed by atoms with van der Waals surface area (Å²) in [5.74, 6) is 0.0781. The summed E-state index contributed by atoms with van der Waals surface area (Å²) in [6.07, 6.45) is 0. The summed E-state index contributed by atoms with van der Waals surface area (Å²) < 4.78 is 6.95. The van der Waals surface area contributed by atoms with Crippen molar-refractivity contribution in [1.29, 1.82) is 0 Å². The minimum Gasteiger partial charge on any atom is -0.461 e. The highest BCUT2D eigenvalue weighted by molar-refractivity contribution is 5.93. The monoisotopic (exact) mass is 379 g/mol. The third kappa shape index (κ3) is 3.97. The predicted molar refractivity (Wildman–Crippen MR) is 110 cm³/mol. The van der Waals surface area contributed by atoms with Gasteiger partial charge in [-0.15, -0.1) is 0 Å². The SMILES string of the molecule is CCN(CC)CCOC(=O)c1ccccc1-n1c(C)nc2ccccc2c1=O. The van der Waals surface area contributed by atoms with Crippen molar-refractivity contribution in [3.05, 3.63) is 70.3 Å². The average molecular weight is 379 g/mol. The van der Waals surface area contributed by atoms with Gasteiger partial charge in [-0.2, -0.15) is 0 Å². The van der Waals surface area contributed by atoms with Crippen molar-refractivity contribution in [3.63, 3.8) is 0 Å². The van der Waals surface area contributed by atoms with Crippen molar-refractivity contribution in [1.82, 2.24) is 14.5 Å². The molecule has 1 heterocycles. The normalized spacial score (nSPS) is 11.1. The van der Waals surface area contributed by atoms with Crippen LogP contribution in [0.4, 0.5) is 0 Å². The highest BCUT2D eigenvalue weighted by Crippen LogP contribution is 2.17. The van der Waals surface area contributed by atoms with Gasteiger partial charge >= 0.3 is 5.97 Å². The molecule has 0 radical (unpaired) electrons. The van der Waals surface area contributed by atoms with Gasteiger partial charge in [-0.25, -0.2) is 9.78 Å². The Morgan fingerprint density at radius 3 is 2.50 bits per heavy atom. The molecule has 0 aliphatic carbocycles. The Balaban J connectivity index is 1.96. The first-order valence-corrected chi connectivity index (χ1v) is 9.54. The lowest BCUT2D eigenvalue weighted by molar-refractivity contribution is 0.0466. The van der Waals surface area contributed by atoms with Gasteiger partial charge in [-0.05, 0) is 44.3 Å². The molecule has 0 aliphatic heterocycles. The summed E-state index contributed by atoms with van der Waals surface area (Å²) in [5.41, 5.74) is 1.27. The first-order chi connectivity index (χ1) is 13.6. The van der Waals surface area contributed by atoms with Crippen LogP contribution >= 0.6 is 0 Å². The van der Waals surface area contributed by atoms with Gasteiger partial charge in [0, 0.05) is 6.54 Å². The van der Waals surface area contributed by atoms with E-state index in [2.05, 4.69) is 23.7 Å². The fraction of sp³-hybridized carbons (Fsp3) is 0.318. The number of aryl methyl sites for hydroxylation is 1. The maximum Gasteiger partial charge on any atom is 0.340 e. The number of nitrogens with zero attached hydrogens (tertiary/aromatic N) is 3. The molecule has 0 saturated heterocycles. The van der Waals surface area contributed by atoms with Crippen LogP contribution < -0.4 is 5.56 Å². The quantitative estimate of drug-likeness (QED) is 0.590. The number of carbonyl (C=O) groups excluding carboxylic acids is 1. The van der Waals surface area contributed by atoms with Gasteiger partial charge in [0.1, 0.15) is 12.4 Å². The highest BCUT2D eigenvalue weighted by Gasteiger charge is 2.18. The summed E-state index contributed by atoms with van der Waals surface area (Å²) in [7, 11) is 0. The zero-order valence-electron chi connectivity index (χ0n) is 16.5. The van der Waals surface area contributed by atoms with Crippen LogP contribution in [-0.2, 0) is 4.74 Å². The van der Waals surface area contributed by atoms with E-state index in [1.165, 1.54) is 4.57 Å². The number of fused-ring (bicyclic) bond motifs is 1. The van der Waals surface area contributed by atoms with Gasteiger partial charge in [0.25, 0.3) is 5.56 Å². The number of hydrogen-bond donors (Lipinski definition) is 0. The lowest BCUT2D eigenvalue weighted by Crippen LogP contribution is -2.28. The Morgan fingerprint density at radius 1 is 1.07 bits per heavy atom. The van der Waals surface area contributed by atoms with Crippen molar-refractivity contribution in [2.24, 2.45) is 0 Å². The number of carbonyl (C=O) groups is 1. The van der Waals surface area contributed by atoms with Crippen LogP contribution in [0.2, 0.25) is 0 Å². The molecule has 0 fully saturated rings. The number of ether oxygens (including phenoxy) is 1. The summed E-state index contributed by atoms with van der Waals surface area (Å²) in [6.45, 7) is 8.70. The van der Waals surface area contributed by atoms with Gasteiger partial charge in [0.2, 0.25) is 0 Å². The van der Waals surface area contributed by atoms with E-state index in [1.807, 2.05) is 6.07 Å². The zero-order chi connectivity index (χ0) is 20.1. The van der Waals surface area contributed by atoms with Crippen molar-refractivity contribution >= 4 is 16.9 Å². The van der Waals surface area contributed by atoms with Gasteiger partial charge in [0.15, 0.2) is 0 Å². The number of likely N-dealkylation sites (N-methyl/N-ethyl adjacent to an activating group) is 1.